The minimum atomic E-state index is 0.0649. The third-order valence-corrected chi connectivity index (χ3v) is 7.69. The third-order valence-electron chi connectivity index (χ3n) is 5.50. The lowest BCUT2D eigenvalue weighted by atomic mass is 9.89. The Bertz CT molecular complexity index is 1170. The number of hydrogen-bond acceptors (Lipinski definition) is 6. The van der Waals surface area contributed by atoms with Crippen molar-refractivity contribution in [2.45, 2.75) is 43.6 Å². The maximum absolute atomic E-state index is 13.4. The summed E-state index contributed by atoms with van der Waals surface area (Å²) < 4.78 is 12.6. The second-order valence-electron chi connectivity index (χ2n) is 7.61. The average Bonchev–Trinajstić information content (AvgIpc) is 3.32. The summed E-state index contributed by atoms with van der Waals surface area (Å²) in [7, 11) is 0. The zero-order valence-electron chi connectivity index (χ0n) is 16.3. The van der Waals surface area contributed by atoms with Gasteiger partial charge in [0, 0.05) is 17.2 Å². The quantitative estimate of drug-likeness (QED) is 0.334. The Morgan fingerprint density at radius 2 is 2.24 bits per heavy atom. The number of benzene rings is 1. The highest BCUT2D eigenvalue weighted by Gasteiger charge is 2.24. The SMILES string of the molecule is C=CCn1c(SCc2ccc3c(c2)OCO3)nc2sc3c(c2c1=O)CC[C@@H](C)C3. The van der Waals surface area contributed by atoms with Gasteiger partial charge >= 0.3 is 0 Å². The van der Waals surface area contributed by atoms with Crippen molar-refractivity contribution < 1.29 is 9.47 Å². The third kappa shape index (κ3) is 3.36. The van der Waals surface area contributed by atoms with E-state index < -0.39 is 0 Å². The predicted octanol–water partition coefficient (Wildman–Crippen LogP) is 4.79. The van der Waals surface area contributed by atoms with E-state index in [0.29, 0.717) is 18.2 Å². The van der Waals surface area contributed by atoms with E-state index in [9.17, 15) is 4.79 Å². The molecule has 7 heteroatoms. The molecule has 3 aromatic rings. The summed E-state index contributed by atoms with van der Waals surface area (Å²) in [5.74, 6) is 2.93. The second-order valence-corrected chi connectivity index (χ2v) is 9.63. The summed E-state index contributed by atoms with van der Waals surface area (Å²) in [6, 6.07) is 5.95. The molecule has 0 saturated carbocycles. The van der Waals surface area contributed by atoms with Crippen LogP contribution in [-0.2, 0) is 25.1 Å². The smallest absolute Gasteiger partial charge is 0.263 e. The number of ether oxygens (including phenoxy) is 2. The van der Waals surface area contributed by atoms with Crippen LogP contribution in [0.25, 0.3) is 10.2 Å². The maximum atomic E-state index is 13.4. The van der Waals surface area contributed by atoms with Crippen molar-refractivity contribution in [3.8, 4) is 11.5 Å². The fourth-order valence-corrected chi connectivity index (χ4v) is 6.36. The standard InChI is InChI=1S/C22H22N2O3S2/c1-3-8-24-21(25)19-15-6-4-13(2)9-18(15)29-20(19)23-22(24)28-11-14-5-7-16-17(10-14)27-12-26-16/h3,5,7,10,13H,1,4,6,8-9,11-12H2,2H3/t13-/m1/s1. The summed E-state index contributed by atoms with van der Waals surface area (Å²) >= 11 is 3.27. The number of fused-ring (bicyclic) bond motifs is 4. The first-order chi connectivity index (χ1) is 14.1. The van der Waals surface area contributed by atoms with Gasteiger partial charge in [0.1, 0.15) is 4.83 Å². The summed E-state index contributed by atoms with van der Waals surface area (Å²) in [5.41, 5.74) is 2.40. The van der Waals surface area contributed by atoms with E-state index in [1.165, 1.54) is 10.4 Å². The van der Waals surface area contributed by atoms with Crippen LogP contribution in [0.15, 0.2) is 40.8 Å². The fourth-order valence-electron chi connectivity index (χ4n) is 3.98. The molecule has 0 spiro atoms. The van der Waals surface area contributed by atoms with E-state index in [2.05, 4.69) is 13.5 Å². The van der Waals surface area contributed by atoms with Crippen LogP contribution in [0.4, 0.5) is 0 Å². The number of aryl methyl sites for hydroxylation is 1. The molecule has 0 amide bonds. The Kier molecular flexibility index (Phi) is 4.87. The molecule has 0 bridgehead atoms. The van der Waals surface area contributed by atoms with Gasteiger partial charge in [0.15, 0.2) is 16.7 Å². The number of allylic oxidation sites excluding steroid dienone is 1. The van der Waals surface area contributed by atoms with Crippen LogP contribution in [0, 0.1) is 5.92 Å². The highest BCUT2D eigenvalue weighted by Crippen LogP contribution is 2.37. The van der Waals surface area contributed by atoms with Crippen molar-refractivity contribution in [2.75, 3.05) is 6.79 Å². The van der Waals surface area contributed by atoms with Gasteiger partial charge in [-0.15, -0.1) is 17.9 Å². The molecule has 1 aliphatic heterocycles. The van der Waals surface area contributed by atoms with Crippen LogP contribution in [0.1, 0.15) is 29.3 Å². The molecule has 1 aromatic carbocycles. The molecule has 3 heterocycles. The topological polar surface area (TPSA) is 53.4 Å². The number of nitrogens with zero attached hydrogens (tertiary/aromatic N) is 2. The monoisotopic (exact) mass is 426 g/mol. The largest absolute Gasteiger partial charge is 0.454 e. The molecule has 1 atom stereocenters. The molecule has 29 heavy (non-hydrogen) atoms. The number of aromatic nitrogens is 2. The van der Waals surface area contributed by atoms with Crippen LogP contribution in [-0.4, -0.2) is 16.3 Å². The predicted molar refractivity (Wildman–Crippen MR) is 117 cm³/mol. The van der Waals surface area contributed by atoms with Crippen LogP contribution in [0.3, 0.4) is 0 Å². The summed E-state index contributed by atoms with van der Waals surface area (Å²) in [5, 5.41) is 1.57. The van der Waals surface area contributed by atoms with Gasteiger partial charge in [-0.3, -0.25) is 9.36 Å². The van der Waals surface area contributed by atoms with Gasteiger partial charge in [-0.2, -0.15) is 0 Å². The van der Waals surface area contributed by atoms with Crippen molar-refractivity contribution in [1.82, 2.24) is 9.55 Å². The molecular formula is C22H22N2O3S2. The van der Waals surface area contributed by atoms with Gasteiger partial charge < -0.3 is 9.47 Å². The molecule has 150 valence electrons. The number of rotatable bonds is 5. The van der Waals surface area contributed by atoms with E-state index in [-0.39, 0.29) is 12.4 Å². The molecular weight excluding hydrogens is 404 g/mol. The van der Waals surface area contributed by atoms with E-state index in [1.54, 1.807) is 33.7 Å². The molecule has 0 radical (unpaired) electrons. The van der Waals surface area contributed by atoms with Gasteiger partial charge in [-0.25, -0.2) is 4.98 Å². The normalized spacial score (nSPS) is 17.5. The Labute approximate surface area is 177 Å². The van der Waals surface area contributed by atoms with Crippen LogP contribution < -0.4 is 15.0 Å². The summed E-state index contributed by atoms with van der Waals surface area (Å²) in [4.78, 5) is 20.5. The van der Waals surface area contributed by atoms with Crippen molar-refractivity contribution >= 4 is 33.3 Å². The van der Waals surface area contributed by atoms with E-state index in [0.717, 1.165) is 51.7 Å². The van der Waals surface area contributed by atoms with E-state index in [1.807, 2.05) is 18.2 Å². The first-order valence-electron chi connectivity index (χ1n) is 9.81. The lowest BCUT2D eigenvalue weighted by molar-refractivity contribution is 0.174. The Morgan fingerprint density at radius 3 is 3.10 bits per heavy atom. The molecule has 0 saturated heterocycles. The Hall–Kier alpha value is -2.25. The molecule has 2 aliphatic rings. The minimum Gasteiger partial charge on any atom is -0.454 e. The van der Waals surface area contributed by atoms with Gasteiger partial charge in [-0.1, -0.05) is 30.8 Å². The van der Waals surface area contributed by atoms with Crippen LogP contribution in [0.5, 0.6) is 11.5 Å². The molecule has 0 fully saturated rings. The van der Waals surface area contributed by atoms with Crippen LogP contribution >= 0.6 is 23.1 Å². The molecule has 2 aromatic heterocycles. The average molecular weight is 427 g/mol. The fraction of sp³-hybridized carbons (Fsp3) is 0.364. The minimum absolute atomic E-state index is 0.0649. The van der Waals surface area contributed by atoms with Crippen molar-refractivity contribution in [1.29, 1.82) is 0 Å². The first kappa shape index (κ1) is 18.8. The lowest BCUT2D eigenvalue weighted by Crippen LogP contribution is -2.23. The molecule has 5 nitrogen and oxygen atoms in total. The number of thiophene rings is 1. The Morgan fingerprint density at radius 1 is 1.38 bits per heavy atom. The van der Waals surface area contributed by atoms with Gasteiger partial charge in [0.25, 0.3) is 5.56 Å². The summed E-state index contributed by atoms with van der Waals surface area (Å²) in [6.07, 6.45) is 4.93. The molecule has 5 rings (SSSR count). The molecule has 1 aliphatic carbocycles. The van der Waals surface area contributed by atoms with E-state index in [4.69, 9.17) is 14.5 Å². The molecule has 0 N–H and O–H groups in total. The zero-order valence-corrected chi connectivity index (χ0v) is 17.9. The van der Waals surface area contributed by atoms with Gasteiger partial charge in [0.05, 0.1) is 5.39 Å². The maximum Gasteiger partial charge on any atom is 0.263 e. The van der Waals surface area contributed by atoms with Gasteiger partial charge in [-0.05, 0) is 48.4 Å². The highest BCUT2D eigenvalue weighted by atomic mass is 32.2. The number of hydrogen-bond donors (Lipinski definition) is 0. The van der Waals surface area contributed by atoms with Gasteiger partial charge in [0.2, 0.25) is 6.79 Å². The second kappa shape index (κ2) is 7.54. The lowest BCUT2D eigenvalue weighted by Gasteiger charge is -2.17. The van der Waals surface area contributed by atoms with Crippen molar-refractivity contribution in [3.05, 3.63) is 57.2 Å². The molecule has 0 unspecified atom stereocenters. The van der Waals surface area contributed by atoms with Crippen molar-refractivity contribution in [2.24, 2.45) is 5.92 Å². The highest BCUT2D eigenvalue weighted by molar-refractivity contribution is 7.98. The first-order valence-corrected chi connectivity index (χ1v) is 11.6. The zero-order chi connectivity index (χ0) is 20.0. The number of thioether (sulfide) groups is 1. The van der Waals surface area contributed by atoms with Crippen LogP contribution in [0.2, 0.25) is 0 Å². The van der Waals surface area contributed by atoms with Crippen molar-refractivity contribution in [3.63, 3.8) is 0 Å². The Balaban J connectivity index is 1.51. The summed E-state index contributed by atoms with van der Waals surface area (Å²) in [6.45, 7) is 6.85. The van der Waals surface area contributed by atoms with E-state index >= 15 is 0 Å².